The van der Waals surface area contributed by atoms with Gasteiger partial charge < -0.3 is 20.3 Å². The van der Waals surface area contributed by atoms with Crippen LogP contribution in [-0.4, -0.2) is 37.4 Å². The average molecular weight is 442 g/mol. The number of carbonyl (C=O) groups excluding carboxylic acids is 3. The number of nitrogens with zero attached hydrogens (tertiary/aromatic N) is 1. The maximum Gasteiger partial charge on any atom is 0.262 e. The van der Waals surface area contributed by atoms with E-state index in [1.807, 2.05) is 6.92 Å². The fourth-order valence-electron chi connectivity index (χ4n) is 3.25. The molecule has 1 aliphatic heterocycles. The summed E-state index contributed by atoms with van der Waals surface area (Å²) in [4.78, 5) is 38.2. The van der Waals surface area contributed by atoms with E-state index >= 15 is 0 Å². The first-order valence-corrected chi connectivity index (χ1v) is 10.2. The Labute approximate surface area is 186 Å². The van der Waals surface area contributed by atoms with Crippen LogP contribution in [0.3, 0.4) is 0 Å². The van der Waals surface area contributed by atoms with Crippen molar-refractivity contribution in [2.45, 2.75) is 13.3 Å². The monoisotopic (exact) mass is 441 g/mol. The van der Waals surface area contributed by atoms with Crippen LogP contribution in [0.4, 0.5) is 11.4 Å². The SMILES string of the molecule is C=CCNC(=O)[C@H]1CC(=O)N(c2ccc(OCC(=O)Nc3cccc(Cl)c3C)cc2)C1. The second-order valence-corrected chi connectivity index (χ2v) is 7.59. The first-order chi connectivity index (χ1) is 14.9. The van der Waals surface area contributed by atoms with Crippen LogP contribution in [0.25, 0.3) is 0 Å². The molecule has 1 heterocycles. The zero-order valence-corrected chi connectivity index (χ0v) is 17.9. The molecule has 0 saturated carbocycles. The number of rotatable bonds is 8. The number of halogens is 1. The lowest BCUT2D eigenvalue weighted by molar-refractivity contribution is -0.126. The summed E-state index contributed by atoms with van der Waals surface area (Å²) in [5.41, 5.74) is 2.10. The van der Waals surface area contributed by atoms with Crippen molar-refractivity contribution in [3.8, 4) is 5.75 Å². The summed E-state index contributed by atoms with van der Waals surface area (Å²) in [6.07, 6.45) is 1.77. The standard InChI is InChI=1S/C23H24ClN3O4/c1-3-11-25-23(30)16-12-22(29)27(13-16)17-7-9-18(10-8-17)31-14-21(28)26-20-6-4-5-19(24)15(20)2/h3-10,16H,1,11-14H2,2H3,(H,25,30)(H,26,28)/t16-/m0/s1. The van der Waals surface area contributed by atoms with E-state index in [0.29, 0.717) is 35.2 Å². The van der Waals surface area contributed by atoms with Crippen LogP contribution < -0.4 is 20.3 Å². The third-order valence-electron chi connectivity index (χ3n) is 4.98. The van der Waals surface area contributed by atoms with Gasteiger partial charge in [0.2, 0.25) is 11.8 Å². The predicted octanol–water partition coefficient (Wildman–Crippen LogP) is 3.32. The number of ether oxygens (including phenoxy) is 1. The summed E-state index contributed by atoms with van der Waals surface area (Å²) in [6, 6.07) is 12.1. The van der Waals surface area contributed by atoms with Crippen molar-refractivity contribution in [3.05, 3.63) is 65.7 Å². The van der Waals surface area contributed by atoms with Crippen LogP contribution in [0, 0.1) is 12.8 Å². The number of carbonyl (C=O) groups is 3. The Morgan fingerprint density at radius 3 is 2.71 bits per heavy atom. The van der Waals surface area contributed by atoms with Gasteiger partial charge in [-0.05, 0) is 48.9 Å². The Kier molecular flexibility index (Phi) is 7.31. The van der Waals surface area contributed by atoms with Crippen molar-refractivity contribution in [1.29, 1.82) is 0 Å². The number of hydrogen-bond donors (Lipinski definition) is 2. The van der Waals surface area contributed by atoms with Gasteiger partial charge in [-0.3, -0.25) is 14.4 Å². The molecular formula is C23H24ClN3O4. The molecule has 1 atom stereocenters. The zero-order valence-electron chi connectivity index (χ0n) is 17.2. The Balaban J connectivity index is 1.54. The van der Waals surface area contributed by atoms with Crippen molar-refractivity contribution < 1.29 is 19.1 Å². The lowest BCUT2D eigenvalue weighted by Gasteiger charge is -2.17. The maximum absolute atomic E-state index is 12.3. The topological polar surface area (TPSA) is 87.7 Å². The van der Waals surface area contributed by atoms with Crippen molar-refractivity contribution >= 4 is 40.7 Å². The molecule has 0 bridgehead atoms. The van der Waals surface area contributed by atoms with E-state index in [2.05, 4.69) is 17.2 Å². The molecule has 8 heteroatoms. The quantitative estimate of drug-likeness (QED) is 0.615. The summed E-state index contributed by atoms with van der Waals surface area (Å²) >= 11 is 6.06. The van der Waals surface area contributed by atoms with Crippen molar-refractivity contribution in [1.82, 2.24) is 5.32 Å². The minimum absolute atomic E-state index is 0.108. The zero-order chi connectivity index (χ0) is 22.4. The van der Waals surface area contributed by atoms with Crippen molar-refractivity contribution in [2.24, 2.45) is 5.92 Å². The lowest BCUT2D eigenvalue weighted by Crippen LogP contribution is -2.32. The molecule has 0 aliphatic carbocycles. The lowest BCUT2D eigenvalue weighted by atomic mass is 10.1. The molecule has 0 radical (unpaired) electrons. The summed E-state index contributed by atoms with van der Waals surface area (Å²) in [6.45, 7) is 5.92. The largest absolute Gasteiger partial charge is 0.484 e. The highest BCUT2D eigenvalue weighted by Crippen LogP contribution is 2.27. The van der Waals surface area contributed by atoms with Gasteiger partial charge in [-0.25, -0.2) is 0 Å². The average Bonchev–Trinajstić information content (AvgIpc) is 3.16. The highest BCUT2D eigenvalue weighted by atomic mass is 35.5. The van der Waals surface area contributed by atoms with Gasteiger partial charge >= 0.3 is 0 Å². The molecule has 2 aromatic rings. The number of hydrogen-bond acceptors (Lipinski definition) is 4. The van der Waals surface area contributed by atoms with Gasteiger partial charge in [0.15, 0.2) is 6.61 Å². The molecular weight excluding hydrogens is 418 g/mol. The molecule has 162 valence electrons. The van der Waals surface area contributed by atoms with Crippen LogP contribution >= 0.6 is 11.6 Å². The van der Waals surface area contributed by atoms with Gasteiger partial charge in [0.05, 0.1) is 5.92 Å². The van der Waals surface area contributed by atoms with Crippen molar-refractivity contribution in [3.63, 3.8) is 0 Å². The van der Waals surface area contributed by atoms with Gasteiger partial charge in [0, 0.05) is 35.9 Å². The van der Waals surface area contributed by atoms with E-state index in [1.54, 1.807) is 53.4 Å². The second kappa shape index (κ2) is 10.1. The van der Waals surface area contributed by atoms with Crippen LogP contribution in [0.1, 0.15) is 12.0 Å². The molecule has 1 fully saturated rings. The molecule has 0 aromatic heterocycles. The Bertz CT molecular complexity index is 991. The first-order valence-electron chi connectivity index (χ1n) is 9.86. The first kappa shape index (κ1) is 22.4. The van der Waals surface area contributed by atoms with E-state index in [-0.39, 0.29) is 36.7 Å². The second-order valence-electron chi connectivity index (χ2n) is 7.18. The Morgan fingerprint density at radius 1 is 1.26 bits per heavy atom. The number of benzene rings is 2. The summed E-state index contributed by atoms with van der Waals surface area (Å²) in [7, 11) is 0. The molecule has 1 saturated heterocycles. The van der Waals surface area contributed by atoms with Gasteiger partial charge in [0.1, 0.15) is 5.75 Å². The molecule has 0 unspecified atom stereocenters. The van der Waals surface area contributed by atoms with E-state index < -0.39 is 0 Å². The van der Waals surface area contributed by atoms with E-state index in [4.69, 9.17) is 16.3 Å². The highest BCUT2D eigenvalue weighted by Gasteiger charge is 2.34. The van der Waals surface area contributed by atoms with E-state index in [1.165, 1.54) is 0 Å². The molecule has 3 amide bonds. The third-order valence-corrected chi connectivity index (χ3v) is 5.39. The van der Waals surface area contributed by atoms with Crippen LogP contribution in [0.2, 0.25) is 5.02 Å². The molecule has 1 aliphatic rings. The van der Waals surface area contributed by atoms with E-state index in [9.17, 15) is 14.4 Å². The summed E-state index contributed by atoms with van der Waals surface area (Å²) in [5, 5.41) is 6.07. The van der Waals surface area contributed by atoms with Crippen LogP contribution in [-0.2, 0) is 14.4 Å². The summed E-state index contributed by atoms with van der Waals surface area (Å²) < 4.78 is 5.54. The Morgan fingerprint density at radius 2 is 2.00 bits per heavy atom. The normalized spacial score (nSPS) is 15.5. The number of anilines is 2. The maximum atomic E-state index is 12.3. The number of amides is 3. The molecule has 2 N–H and O–H groups in total. The van der Waals surface area contributed by atoms with Gasteiger partial charge in [-0.1, -0.05) is 23.7 Å². The fraction of sp³-hybridized carbons (Fsp3) is 0.261. The van der Waals surface area contributed by atoms with Gasteiger partial charge in [-0.15, -0.1) is 6.58 Å². The van der Waals surface area contributed by atoms with Crippen molar-refractivity contribution in [2.75, 3.05) is 29.9 Å². The minimum Gasteiger partial charge on any atom is -0.484 e. The van der Waals surface area contributed by atoms with Crippen LogP contribution in [0.5, 0.6) is 5.75 Å². The molecule has 2 aromatic carbocycles. The molecule has 3 rings (SSSR count). The molecule has 0 spiro atoms. The highest BCUT2D eigenvalue weighted by molar-refractivity contribution is 6.31. The predicted molar refractivity (Wildman–Crippen MR) is 120 cm³/mol. The third kappa shape index (κ3) is 5.64. The number of nitrogens with one attached hydrogen (secondary N) is 2. The smallest absolute Gasteiger partial charge is 0.262 e. The van der Waals surface area contributed by atoms with Gasteiger partial charge in [-0.2, -0.15) is 0 Å². The van der Waals surface area contributed by atoms with E-state index in [0.717, 1.165) is 5.56 Å². The molecule has 7 nitrogen and oxygen atoms in total. The fourth-order valence-corrected chi connectivity index (χ4v) is 3.42. The summed E-state index contributed by atoms with van der Waals surface area (Å²) in [5.74, 6) is -0.464. The molecule has 31 heavy (non-hydrogen) atoms. The minimum atomic E-state index is -0.387. The van der Waals surface area contributed by atoms with Crippen LogP contribution in [0.15, 0.2) is 55.1 Å². The Hall–Kier alpha value is -3.32. The van der Waals surface area contributed by atoms with Gasteiger partial charge in [0.25, 0.3) is 5.91 Å².